The van der Waals surface area contributed by atoms with Crippen molar-refractivity contribution in [1.29, 1.82) is 0 Å². The summed E-state index contributed by atoms with van der Waals surface area (Å²) in [5.41, 5.74) is 2.39. The molecule has 3 aromatic carbocycles. The summed E-state index contributed by atoms with van der Waals surface area (Å²) < 4.78 is 5.47. The molecular formula is C26H28N2O3S. The summed E-state index contributed by atoms with van der Waals surface area (Å²) in [6, 6.07) is 24.6. The number of carbonyl (C=O) groups is 2. The first-order chi connectivity index (χ1) is 15.6. The fourth-order valence-electron chi connectivity index (χ4n) is 3.11. The third-order valence-electron chi connectivity index (χ3n) is 4.64. The highest BCUT2D eigenvalue weighted by Crippen LogP contribution is 2.36. The highest BCUT2D eigenvalue weighted by atomic mass is 32.2. The SMILES string of the molecule is CCCC(=O)Nc1ccc(SC(C(=O)Nc2ccc(OCC)cc2)c2ccccc2)cc1. The van der Waals surface area contributed by atoms with Crippen LogP contribution in [-0.2, 0) is 9.59 Å². The maximum Gasteiger partial charge on any atom is 0.242 e. The molecule has 6 heteroatoms. The fourth-order valence-corrected chi connectivity index (χ4v) is 4.14. The Morgan fingerprint density at radius 3 is 2.09 bits per heavy atom. The van der Waals surface area contributed by atoms with E-state index in [1.165, 1.54) is 11.8 Å². The molecule has 0 aliphatic carbocycles. The first-order valence-corrected chi connectivity index (χ1v) is 11.6. The Bertz CT molecular complexity index is 1010. The smallest absolute Gasteiger partial charge is 0.242 e. The first-order valence-electron chi connectivity index (χ1n) is 10.7. The molecule has 0 spiro atoms. The molecule has 0 saturated heterocycles. The summed E-state index contributed by atoms with van der Waals surface area (Å²) in [4.78, 5) is 25.9. The minimum absolute atomic E-state index is 0.00444. The molecule has 3 aromatic rings. The molecule has 166 valence electrons. The van der Waals surface area contributed by atoms with Gasteiger partial charge in [0, 0.05) is 22.7 Å². The summed E-state index contributed by atoms with van der Waals surface area (Å²) in [5, 5.41) is 5.47. The van der Waals surface area contributed by atoms with Gasteiger partial charge in [0.25, 0.3) is 0 Å². The largest absolute Gasteiger partial charge is 0.494 e. The maximum absolute atomic E-state index is 13.2. The summed E-state index contributed by atoms with van der Waals surface area (Å²) >= 11 is 1.47. The molecule has 2 amide bonds. The second-order valence-corrected chi connectivity index (χ2v) is 8.36. The quantitative estimate of drug-likeness (QED) is 0.357. The average molecular weight is 449 g/mol. The zero-order valence-electron chi connectivity index (χ0n) is 18.3. The van der Waals surface area contributed by atoms with E-state index in [0.29, 0.717) is 18.7 Å². The lowest BCUT2D eigenvalue weighted by molar-refractivity contribution is -0.116. The van der Waals surface area contributed by atoms with Gasteiger partial charge in [-0.2, -0.15) is 0 Å². The van der Waals surface area contributed by atoms with Crippen LogP contribution in [0.5, 0.6) is 5.75 Å². The Balaban J connectivity index is 1.73. The third kappa shape index (κ3) is 6.89. The number of anilines is 2. The van der Waals surface area contributed by atoms with Gasteiger partial charge < -0.3 is 15.4 Å². The second-order valence-electron chi connectivity index (χ2n) is 7.18. The minimum Gasteiger partial charge on any atom is -0.494 e. The van der Waals surface area contributed by atoms with E-state index in [1.54, 1.807) is 0 Å². The number of ether oxygens (including phenoxy) is 1. The Kier molecular flexibility index (Phi) is 8.75. The lowest BCUT2D eigenvalue weighted by atomic mass is 10.1. The summed E-state index contributed by atoms with van der Waals surface area (Å²) in [5.74, 6) is 0.668. The van der Waals surface area contributed by atoms with Crippen LogP contribution in [0, 0.1) is 0 Å². The molecule has 0 saturated carbocycles. The average Bonchev–Trinajstić information content (AvgIpc) is 2.80. The zero-order valence-corrected chi connectivity index (χ0v) is 19.2. The van der Waals surface area contributed by atoms with Gasteiger partial charge >= 0.3 is 0 Å². The Hall–Kier alpha value is -3.25. The molecule has 5 nitrogen and oxygen atoms in total. The second kappa shape index (κ2) is 12.0. The van der Waals surface area contributed by atoms with Crippen molar-refractivity contribution in [2.45, 2.75) is 36.8 Å². The lowest BCUT2D eigenvalue weighted by Crippen LogP contribution is -2.19. The summed E-state index contributed by atoms with van der Waals surface area (Å²) in [6.07, 6.45) is 1.31. The van der Waals surface area contributed by atoms with Gasteiger partial charge in [-0.3, -0.25) is 9.59 Å². The van der Waals surface area contributed by atoms with E-state index in [4.69, 9.17) is 4.74 Å². The van der Waals surface area contributed by atoms with Crippen molar-refractivity contribution in [3.63, 3.8) is 0 Å². The summed E-state index contributed by atoms with van der Waals surface area (Å²) in [7, 11) is 0. The van der Waals surface area contributed by atoms with Crippen LogP contribution in [0.1, 0.15) is 37.5 Å². The fraction of sp³-hybridized carbons (Fsp3) is 0.231. The number of hydrogen-bond acceptors (Lipinski definition) is 4. The Labute approximate surface area is 193 Å². The van der Waals surface area contributed by atoms with Crippen LogP contribution in [0.25, 0.3) is 0 Å². The highest BCUT2D eigenvalue weighted by molar-refractivity contribution is 8.00. The van der Waals surface area contributed by atoms with Gasteiger partial charge in [-0.05, 0) is 67.4 Å². The van der Waals surface area contributed by atoms with E-state index in [2.05, 4.69) is 10.6 Å². The van der Waals surface area contributed by atoms with Gasteiger partial charge in [-0.25, -0.2) is 0 Å². The standard InChI is InChI=1S/C26H28N2O3S/c1-3-8-24(29)27-20-13-17-23(18-14-20)32-25(19-9-6-5-7-10-19)26(30)28-21-11-15-22(16-12-21)31-4-2/h5-7,9-18,25H,3-4,8H2,1-2H3,(H,27,29)(H,28,30). The van der Waals surface area contributed by atoms with Crippen LogP contribution in [0.3, 0.4) is 0 Å². The minimum atomic E-state index is -0.427. The van der Waals surface area contributed by atoms with Crippen LogP contribution in [-0.4, -0.2) is 18.4 Å². The highest BCUT2D eigenvalue weighted by Gasteiger charge is 2.22. The zero-order chi connectivity index (χ0) is 22.8. The number of hydrogen-bond donors (Lipinski definition) is 2. The lowest BCUT2D eigenvalue weighted by Gasteiger charge is -2.17. The number of thioether (sulfide) groups is 1. The van der Waals surface area contributed by atoms with Crippen molar-refractivity contribution in [2.24, 2.45) is 0 Å². The van der Waals surface area contributed by atoms with E-state index < -0.39 is 5.25 Å². The molecular weight excluding hydrogens is 420 g/mol. The molecule has 32 heavy (non-hydrogen) atoms. The predicted octanol–water partition coefficient (Wildman–Crippen LogP) is 6.30. The van der Waals surface area contributed by atoms with Crippen molar-refractivity contribution >= 4 is 35.0 Å². The van der Waals surface area contributed by atoms with Crippen molar-refractivity contribution < 1.29 is 14.3 Å². The number of amides is 2. The number of carbonyl (C=O) groups excluding carboxylic acids is 2. The molecule has 0 aliphatic heterocycles. The van der Waals surface area contributed by atoms with Crippen molar-refractivity contribution in [3.05, 3.63) is 84.4 Å². The van der Waals surface area contributed by atoms with E-state index in [0.717, 1.165) is 28.3 Å². The van der Waals surface area contributed by atoms with E-state index in [-0.39, 0.29) is 11.8 Å². The van der Waals surface area contributed by atoms with Gasteiger partial charge in [0.15, 0.2) is 0 Å². The number of benzene rings is 3. The predicted molar refractivity (Wildman–Crippen MR) is 131 cm³/mol. The molecule has 0 fully saturated rings. The molecule has 2 N–H and O–H groups in total. The van der Waals surface area contributed by atoms with Gasteiger partial charge in [0.1, 0.15) is 11.0 Å². The molecule has 0 radical (unpaired) electrons. The maximum atomic E-state index is 13.2. The van der Waals surface area contributed by atoms with Gasteiger partial charge in [0.2, 0.25) is 11.8 Å². The Morgan fingerprint density at radius 1 is 0.844 bits per heavy atom. The van der Waals surface area contributed by atoms with Crippen LogP contribution in [0.2, 0.25) is 0 Å². The van der Waals surface area contributed by atoms with Crippen LogP contribution < -0.4 is 15.4 Å². The third-order valence-corrected chi connectivity index (χ3v) is 5.91. The van der Waals surface area contributed by atoms with Crippen molar-refractivity contribution in [1.82, 2.24) is 0 Å². The van der Waals surface area contributed by atoms with Crippen LogP contribution >= 0.6 is 11.8 Å². The van der Waals surface area contributed by atoms with E-state index in [1.807, 2.05) is 92.7 Å². The molecule has 0 aliphatic rings. The molecule has 1 unspecified atom stereocenters. The number of nitrogens with one attached hydrogen (secondary N) is 2. The van der Waals surface area contributed by atoms with Gasteiger partial charge in [-0.1, -0.05) is 37.3 Å². The van der Waals surface area contributed by atoms with Crippen LogP contribution in [0.4, 0.5) is 11.4 Å². The Morgan fingerprint density at radius 2 is 1.47 bits per heavy atom. The summed E-state index contributed by atoms with van der Waals surface area (Å²) in [6.45, 7) is 4.50. The van der Waals surface area contributed by atoms with Gasteiger partial charge in [0.05, 0.1) is 6.61 Å². The molecule has 0 heterocycles. The molecule has 0 bridgehead atoms. The number of rotatable bonds is 10. The van der Waals surface area contributed by atoms with Crippen LogP contribution in [0.15, 0.2) is 83.8 Å². The van der Waals surface area contributed by atoms with E-state index >= 15 is 0 Å². The van der Waals surface area contributed by atoms with Crippen molar-refractivity contribution in [3.8, 4) is 5.75 Å². The van der Waals surface area contributed by atoms with Gasteiger partial charge in [-0.15, -0.1) is 11.8 Å². The topological polar surface area (TPSA) is 67.4 Å². The molecule has 0 aromatic heterocycles. The molecule has 3 rings (SSSR count). The van der Waals surface area contributed by atoms with Crippen molar-refractivity contribution in [2.75, 3.05) is 17.2 Å². The normalized spacial score (nSPS) is 11.4. The van der Waals surface area contributed by atoms with E-state index in [9.17, 15) is 9.59 Å². The molecule has 1 atom stereocenters. The monoisotopic (exact) mass is 448 g/mol. The first kappa shape index (κ1) is 23.4.